The van der Waals surface area contributed by atoms with Gasteiger partial charge in [0.25, 0.3) is 0 Å². The van der Waals surface area contributed by atoms with Gasteiger partial charge in [-0.1, -0.05) is 34.8 Å². The second-order valence-corrected chi connectivity index (χ2v) is 5.00. The van der Waals surface area contributed by atoms with Gasteiger partial charge in [-0.3, -0.25) is 0 Å². The number of aromatic nitrogens is 3. The third-order valence-electron chi connectivity index (χ3n) is 2.57. The van der Waals surface area contributed by atoms with Crippen LogP contribution in [-0.2, 0) is 0 Å². The zero-order valence-electron chi connectivity index (χ0n) is 9.87. The Kier molecular flexibility index (Phi) is 3.95. The van der Waals surface area contributed by atoms with Gasteiger partial charge >= 0.3 is 12.2 Å². The van der Waals surface area contributed by atoms with E-state index >= 15 is 0 Å². The van der Waals surface area contributed by atoms with Crippen molar-refractivity contribution in [3.8, 4) is 5.69 Å². The van der Waals surface area contributed by atoms with E-state index in [1.165, 1.54) is 13.0 Å². The number of hydrogen-bond donors (Lipinski definition) is 1. The van der Waals surface area contributed by atoms with Crippen molar-refractivity contribution in [1.82, 2.24) is 14.3 Å². The van der Waals surface area contributed by atoms with Crippen LogP contribution in [0.3, 0.4) is 0 Å². The van der Waals surface area contributed by atoms with E-state index in [0.717, 1.165) is 0 Å². The van der Waals surface area contributed by atoms with Gasteiger partial charge in [0.05, 0.1) is 20.8 Å². The van der Waals surface area contributed by atoms with Crippen LogP contribution in [0.5, 0.6) is 0 Å². The Morgan fingerprint density at radius 3 is 2.40 bits per heavy atom. The Bertz CT molecular complexity index is 741. The smallest absolute Gasteiger partial charge is 0.355 e. The predicted octanol–water partition coefficient (Wildman–Crippen LogP) is 3.28. The number of benzene rings is 1. The SMILES string of the molecule is Cc1nn(-c2c(Cl)cc(Cl)c(N)c2Cl)c(=O)n1C(F)F. The molecule has 0 aliphatic heterocycles. The second kappa shape index (κ2) is 5.23. The number of nitrogens with two attached hydrogens (primary N) is 1. The van der Waals surface area contributed by atoms with Crippen molar-refractivity contribution in [2.45, 2.75) is 13.5 Å². The van der Waals surface area contributed by atoms with Gasteiger partial charge in [0, 0.05) is 0 Å². The monoisotopic (exact) mass is 342 g/mol. The van der Waals surface area contributed by atoms with Crippen LogP contribution in [0.25, 0.3) is 5.69 Å². The van der Waals surface area contributed by atoms with E-state index in [4.69, 9.17) is 40.5 Å². The van der Waals surface area contributed by atoms with Gasteiger partial charge in [-0.15, -0.1) is 5.10 Å². The minimum atomic E-state index is -3.03. The highest BCUT2D eigenvalue weighted by molar-refractivity contribution is 6.43. The van der Waals surface area contributed by atoms with Crippen LogP contribution in [0, 0.1) is 6.92 Å². The van der Waals surface area contributed by atoms with Gasteiger partial charge in [-0.2, -0.15) is 13.5 Å². The first kappa shape index (κ1) is 15.1. The molecule has 108 valence electrons. The van der Waals surface area contributed by atoms with Gasteiger partial charge in [0.1, 0.15) is 11.5 Å². The molecule has 0 saturated heterocycles. The molecule has 1 aromatic heterocycles. The zero-order chi connectivity index (χ0) is 15.2. The number of nitrogens with zero attached hydrogens (tertiary/aromatic N) is 3. The third-order valence-corrected chi connectivity index (χ3v) is 3.55. The lowest BCUT2D eigenvalue weighted by Gasteiger charge is -2.09. The predicted molar refractivity (Wildman–Crippen MR) is 73.3 cm³/mol. The summed E-state index contributed by atoms with van der Waals surface area (Å²) in [5.74, 6) is -0.189. The normalized spacial score (nSPS) is 11.3. The molecule has 2 aromatic rings. The summed E-state index contributed by atoms with van der Waals surface area (Å²) in [6, 6.07) is 1.25. The Labute approximate surface area is 126 Å². The zero-order valence-corrected chi connectivity index (χ0v) is 12.1. The standard InChI is InChI=1S/C10H7Cl3F2N4O/c1-3-17-19(10(20)18(3)9(14)15)8-5(12)2-4(11)7(16)6(8)13/h2,9H,16H2,1H3. The summed E-state index contributed by atoms with van der Waals surface area (Å²) >= 11 is 17.7. The van der Waals surface area contributed by atoms with E-state index in [9.17, 15) is 13.6 Å². The van der Waals surface area contributed by atoms with Crippen molar-refractivity contribution in [1.29, 1.82) is 0 Å². The molecule has 5 nitrogen and oxygen atoms in total. The number of anilines is 1. The molecular formula is C10H7Cl3F2N4O. The number of alkyl halides is 2. The molecular weight excluding hydrogens is 336 g/mol. The molecule has 0 unspecified atom stereocenters. The molecule has 2 N–H and O–H groups in total. The van der Waals surface area contributed by atoms with Gasteiger partial charge in [-0.25, -0.2) is 9.36 Å². The van der Waals surface area contributed by atoms with E-state index in [-0.39, 0.29) is 36.8 Å². The van der Waals surface area contributed by atoms with Crippen LogP contribution in [0.4, 0.5) is 14.5 Å². The second-order valence-electron chi connectivity index (χ2n) is 3.81. The molecule has 10 heteroatoms. The maximum absolute atomic E-state index is 12.8. The molecule has 0 aliphatic carbocycles. The molecule has 0 saturated carbocycles. The van der Waals surface area contributed by atoms with E-state index in [1.54, 1.807) is 0 Å². The maximum Gasteiger partial charge on any atom is 0.355 e. The summed E-state index contributed by atoms with van der Waals surface area (Å²) in [5, 5.41) is 3.63. The molecule has 0 aliphatic rings. The molecule has 2 rings (SSSR count). The lowest BCUT2D eigenvalue weighted by Crippen LogP contribution is -2.25. The van der Waals surface area contributed by atoms with Crippen LogP contribution < -0.4 is 11.4 Å². The first-order valence-electron chi connectivity index (χ1n) is 5.15. The summed E-state index contributed by atoms with van der Waals surface area (Å²) in [5.41, 5.74) is 4.42. The number of hydrogen-bond acceptors (Lipinski definition) is 3. The fourth-order valence-electron chi connectivity index (χ4n) is 1.64. The largest absolute Gasteiger partial charge is 0.396 e. The summed E-state index contributed by atoms with van der Waals surface area (Å²) in [7, 11) is 0. The van der Waals surface area contributed by atoms with Crippen molar-refractivity contribution in [2.75, 3.05) is 5.73 Å². The number of nitrogen functional groups attached to an aromatic ring is 1. The molecule has 0 fully saturated rings. The van der Waals surface area contributed by atoms with Crippen LogP contribution in [0.15, 0.2) is 10.9 Å². The number of rotatable bonds is 2. The maximum atomic E-state index is 12.8. The molecule has 1 aromatic carbocycles. The van der Waals surface area contributed by atoms with Crippen molar-refractivity contribution < 1.29 is 8.78 Å². The number of aryl methyl sites for hydroxylation is 1. The summed E-state index contributed by atoms with van der Waals surface area (Å²) in [6.45, 7) is -1.77. The minimum Gasteiger partial charge on any atom is -0.396 e. The molecule has 20 heavy (non-hydrogen) atoms. The molecule has 0 radical (unpaired) electrons. The summed E-state index contributed by atoms with van der Waals surface area (Å²) in [6.07, 6.45) is 0. The van der Waals surface area contributed by atoms with Crippen molar-refractivity contribution in [3.63, 3.8) is 0 Å². The molecule has 1 heterocycles. The third kappa shape index (κ3) is 2.25. The Hall–Kier alpha value is -1.31. The van der Waals surface area contributed by atoms with E-state index in [1.807, 2.05) is 0 Å². The lowest BCUT2D eigenvalue weighted by molar-refractivity contribution is 0.0640. The van der Waals surface area contributed by atoms with Crippen LogP contribution in [-0.4, -0.2) is 14.3 Å². The average Bonchev–Trinajstić information content (AvgIpc) is 2.62. The molecule has 0 amide bonds. The Morgan fingerprint density at radius 1 is 1.30 bits per heavy atom. The van der Waals surface area contributed by atoms with Gasteiger partial charge in [0.2, 0.25) is 0 Å². The van der Waals surface area contributed by atoms with E-state index in [0.29, 0.717) is 4.68 Å². The minimum absolute atomic E-state index is 0.0242. The lowest BCUT2D eigenvalue weighted by atomic mass is 10.3. The quantitative estimate of drug-likeness (QED) is 0.851. The van der Waals surface area contributed by atoms with Gasteiger partial charge in [-0.05, 0) is 13.0 Å². The van der Waals surface area contributed by atoms with Crippen molar-refractivity contribution >= 4 is 40.5 Å². The van der Waals surface area contributed by atoms with E-state index < -0.39 is 12.2 Å². The Balaban J connectivity index is 2.80. The first-order chi connectivity index (χ1) is 9.25. The van der Waals surface area contributed by atoms with Crippen molar-refractivity contribution in [3.05, 3.63) is 37.4 Å². The fourth-order valence-corrected chi connectivity index (χ4v) is 2.56. The van der Waals surface area contributed by atoms with E-state index in [2.05, 4.69) is 5.10 Å². The molecule has 0 bridgehead atoms. The average molecular weight is 344 g/mol. The number of halogens is 5. The van der Waals surface area contributed by atoms with Crippen molar-refractivity contribution in [2.24, 2.45) is 0 Å². The van der Waals surface area contributed by atoms with Gasteiger partial charge < -0.3 is 5.73 Å². The Morgan fingerprint density at radius 2 is 1.90 bits per heavy atom. The molecule has 0 spiro atoms. The van der Waals surface area contributed by atoms with Crippen LogP contribution in [0.2, 0.25) is 15.1 Å². The van der Waals surface area contributed by atoms with Crippen LogP contribution in [0.1, 0.15) is 12.4 Å². The summed E-state index contributed by atoms with van der Waals surface area (Å²) in [4.78, 5) is 11.9. The van der Waals surface area contributed by atoms with Crippen LogP contribution >= 0.6 is 34.8 Å². The van der Waals surface area contributed by atoms with Gasteiger partial charge in [0.15, 0.2) is 0 Å². The summed E-state index contributed by atoms with van der Waals surface area (Å²) < 4.78 is 26.4. The molecule has 0 atom stereocenters. The fraction of sp³-hybridized carbons (Fsp3) is 0.200. The first-order valence-corrected chi connectivity index (χ1v) is 6.28. The highest BCUT2D eigenvalue weighted by atomic mass is 35.5. The highest BCUT2D eigenvalue weighted by Crippen LogP contribution is 2.37. The topological polar surface area (TPSA) is 65.8 Å². The highest BCUT2D eigenvalue weighted by Gasteiger charge is 2.23.